The van der Waals surface area contributed by atoms with Gasteiger partial charge in [-0.05, 0) is 18.6 Å². The van der Waals surface area contributed by atoms with Gasteiger partial charge >= 0.3 is 6.18 Å². The molecule has 25 heavy (non-hydrogen) atoms. The maximum Gasteiger partial charge on any atom is 0.417 e. The number of hydrogen-bond acceptors (Lipinski definition) is 6. The Balaban J connectivity index is 1.47. The highest BCUT2D eigenvalue weighted by atomic mass is 19.4. The summed E-state index contributed by atoms with van der Waals surface area (Å²) < 4.78 is 39.0. The van der Waals surface area contributed by atoms with E-state index >= 15 is 0 Å². The number of aryl methyl sites for hydroxylation is 1. The third-order valence-electron chi connectivity index (χ3n) is 3.57. The molecule has 0 spiro atoms. The Kier molecular flexibility index (Phi) is 4.68. The topological polar surface area (TPSA) is 80.5 Å². The van der Waals surface area contributed by atoms with E-state index in [1.807, 2.05) is 0 Å². The van der Waals surface area contributed by atoms with Crippen molar-refractivity contribution < 1.29 is 13.2 Å². The average Bonchev–Trinajstić information content (AvgIpc) is 2.96. The van der Waals surface area contributed by atoms with Crippen molar-refractivity contribution in [2.75, 3.05) is 23.7 Å². The third kappa shape index (κ3) is 3.95. The molecule has 0 aliphatic carbocycles. The Morgan fingerprint density at radius 1 is 1.04 bits per heavy atom. The molecule has 0 radical (unpaired) electrons. The van der Waals surface area contributed by atoms with Crippen LogP contribution in [0, 0.1) is 0 Å². The van der Waals surface area contributed by atoms with Gasteiger partial charge in [0.2, 0.25) is 0 Å². The summed E-state index contributed by atoms with van der Waals surface area (Å²) in [5, 5.41) is 11.2. The minimum Gasteiger partial charge on any atom is -0.370 e. The van der Waals surface area contributed by atoms with E-state index in [1.54, 1.807) is 17.9 Å². The lowest BCUT2D eigenvalue weighted by Crippen LogP contribution is -2.11. The molecule has 3 heterocycles. The van der Waals surface area contributed by atoms with Crippen LogP contribution in [0.5, 0.6) is 0 Å². The molecule has 0 unspecified atom stereocenters. The largest absolute Gasteiger partial charge is 0.417 e. The zero-order valence-electron chi connectivity index (χ0n) is 13.4. The maximum absolute atomic E-state index is 12.5. The fourth-order valence-electron chi connectivity index (χ4n) is 2.28. The second-order valence-corrected chi connectivity index (χ2v) is 5.36. The van der Waals surface area contributed by atoms with Crippen molar-refractivity contribution in [3.63, 3.8) is 0 Å². The van der Waals surface area contributed by atoms with E-state index in [9.17, 15) is 13.2 Å². The van der Waals surface area contributed by atoms with Crippen molar-refractivity contribution in [2.24, 2.45) is 7.05 Å². The number of nitrogens with zero attached hydrogens (tertiary/aromatic N) is 5. The molecule has 3 aromatic heterocycles. The number of fused-ring (bicyclic) bond motifs is 1. The van der Waals surface area contributed by atoms with Crippen molar-refractivity contribution in [1.82, 2.24) is 24.7 Å². The number of pyridine rings is 1. The lowest BCUT2D eigenvalue weighted by atomic mass is 10.3. The number of nitrogens with one attached hydrogen (secondary N) is 2. The molecule has 0 aliphatic rings. The zero-order valence-corrected chi connectivity index (χ0v) is 13.4. The van der Waals surface area contributed by atoms with Gasteiger partial charge in [0.25, 0.3) is 0 Å². The lowest BCUT2D eigenvalue weighted by molar-refractivity contribution is -0.137. The summed E-state index contributed by atoms with van der Waals surface area (Å²) in [4.78, 5) is 12.1. The van der Waals surface area contributed by atoms with Crippen molar-refractivity contribution in [1.29, 1.82) is 0 Å². The quantitative estimate of drug-likeness (QED) is 0.665. The van der Waals surface area contributed by atoms with E-state index in [0.717, 1.165) is 29.7 Å². The van der Waals surface area contributed by atoms with Crippen LogP contribution >= 0.6 is 0 Å². The number of aromatic nitrogens is 5. The molecule has 7 nitrogen and oxygen atoms in total. The molecule has 2 N–H and O–H groups in total. The van der Waals surface area contributed by atoms with E-state index in [2.05, 4.69) is 30.7 Å². The van der Waals surface area contributed by atoms with Crippen LogP contribution < -0.4 is 10.6 Å². The van der Waals surface area contributed by atoms with Gasteiger partial charge in [0, 0.05) is 26.3 Å². The van der Waals surface area contributed by atoms with E-state index in [0.29, 0.717) is 24.7 Å². The van der Waals surface area contributed by atoms with Gasteiger partial charge in [0.05, 0.1) is 17.1 Å². The Hall–Kier alpha value is -2.91. The van der Waals surface area contributed by atoms with Gasteiger partial charge in [-0.1, -0.05) is 0 Å². The third-order valence-corrected chi connectivity index (χ3v) is 3.57. The summed E-state index contributed by atoms with van der Waals surface area (Å²) in [7, 11) is 1.81. The molecule has 0 aliphatic heterocycles. The van der Waals surface area contributed by atoms with Crippen LogP contribution in [0.4, 0.5) is 24.8 Å². The molecule has 3 rings (SSSR count). The summed E-state index contributed by atoms with van der Waals surface area (Å²) in [6, 6.07) is 2.33. The van der Waals surface area contributed by atoms with Crippen LogP contribution in [-0.2, 0) is 13.2 Å². The second kappa shape index (κ2) is 6.91. The summed E-state index contributed by atoms with van der Waals surface area (Å²) in [6.07, 6.45) is 0.346. The minimum atomic E-state index is -4.37. The highest BCUT2D eigenvalue weighted by molar-refractivity contribution is 5.85. The first-order valence-electron chi connectivity index (χ1n) is 7.59. The summed E-state index contributed by atoms with van der Waals surface area (Å²) >= 11 is 0. The van der Waals surface area contributed by atoms with E-state index in [-0.39, 0.29) is 0 Å². The molecule has 0 fully saturated rings. The maximum atomic E-state index is 12.5. The smallest absolute Gasteiger partial charge is 0.370 e. The molecule has 0 aromatic carbocycles. The first-order valence-corrected chi connectivity index (χ1v) is 7.59. The number of hydrogen-bond donors (Lipinski definition) is 2. The number of alkyl halides is 3. The molecule has 3 aromatic rings. The molecular formula is C15H16F3N7. The van der Waals surface area contributed by atoms with Crippen LogP contribution in [0.2, 0.25) is 0 Å². The van der Waals surface area contributed by atoms with Crippen molar-refractivity contribution in [2.45, 2.75) is 12.6 Å². The van der Waals surface area contributed by atoms with Gasteiger partial charge < -0.3 is 10.6 Å². The Bertz CT molecular complexity index is 842. The summed E-state index contributed by atoms with van der Waals surface area (Å²) in [5.74, 6) is 1.11. The van der Waals surface area contributed by atoms with Gasteiger partial charge in [-0.3, -0.25) is 4.68 Å². The SMILES string of the molecule is Cn1ncc2c(NCCCNc3ccc(C(F)(F)F)cn3)ncnc21. The summed E-state index contributed by atoms with van der Waals surface area (Å²) in [5.41, 5.74) is -0.0199. The Morgan fingerprint density at radius 3 is 2.56 bits per heavy atom. The normalized spacial score (nSPS) is 11.7. The fraction of sp³-hybridized carbons (Fsp3) is 0.333. The van der Waals surface area contributed by atoms with Crippen LogP contribution in [0.3, 0.4) is 0 Å². The number of anilines is 2. The Morgan fingerprint density at radius 2 is 1.84 bits per heavy atom. The molecule has 0 amide bonds. The monoisotopic (exact) mass is 351 g/mol. The number of rotatable bonds is 6. The highest BCUT2D eigenvalue weighted by Gasteiger charge is 2.30. The van der Waals surface area contributed by atoms with Gasteiger partial charge in [-0.25, -0.2) is 15.0 Å². The van der Waals surface area contributed by atoms with Crippen LogP contribution in [0.1, 0.15) is 12.0 Å². The van der Waals surface area contributed by atoms with Crippen molar-refractivity contribution in [3.8, 4) is 0 Å². The molecule has 0 saturated carbocycles. The van der Waals surface area contributed by atoms with E-state index in [1.165, 1.54) is 12.4 Å². The van der Waals surface area contributed by atoms with Gasteiger partial charge in [0.1, 0.15) is 18.0 Å². The first kappa shape index (κ1) is 16.9. The standard InChI is InChI=1S/C15H16F3N7/c1-25-14-11(8-24-25)13(22-9-23-14)20-6-2-5-19-12-4-3-10(7-21-12)15(16,17)18/h3-4,7-9H,2,5-6H2,1H3,(H,19,21)(H,20,22,23). The predicted molar refractivity (Wildman–Crippen MR) is 87.1 cm³/mol. The fourth-order valence-corrected chi connectivity index (χ4v) is 2.28. The molecule has 132 valence electrons. The van der Waals surface area contributed by atoms with Crippen LogP contribution in [0.15, 0.2) is 30.9 Å². The predicted octanol–water partition coefficient (Wildman–Crippen LogP) is 2.69. The zero-order chi connectivity index (χ0) is 17.9. The number of halogens is 3. The van der Waals surface area contributed by atoms with Crippen LogP contribution in [-0.4, -0.2) is 37.8 Å². The molecular weight excluding hydrogens is 335 g/mol. The van der Waals surface area contributed by atoms with E-state index in [4.69, 9.17) is 0 Å². The van der Waals surface area contributed by atoms with Gasteiger partial charge in [-0.2, -0.15) is 18.3 Å². The van der Waals surface area contributed by atoms with Crippen molar-refractivity contribution in [3.05, 3.63) is 36.4 Å². The molecule has 0 saturated heterocycles. The van der Waals surface area contributed by atoms with Gasteiger partial charge in [-0.15, -0.1) is 0 Å². The summed E-state index contributed by atoms with van der Waals surface area (Å²) in [6.45, 7) is 1.20. The lowest BCUT2D eigenvalue weighted by Gasteiger charge is -2.09. The highest BCUT2D eigenvalue weighted by Crippen LogP contribution is 2.28. The molecule has 0 bridgehead atoms. The second-order valence-electron chi connectivity index (χ2n) is 5.36. The minimum absolute atomic E-state index is 0.407. The van der Waals surface area contributed by atoms with E-state index < -0.39 is 11.7 Å². The Labute approximate surface area is 141 Å². The van der Waals surface area contributed by atoms with Crippen molar-refractivity contribution >= 4 is 22.7 Å². The van der Waals surface area contributed by atoms with Gasteiger partial charge in [0.15, 0.2) is 5.65 Å². The van der Waals surface area contributed by atoms with Crippen LogP contribution in [0.25, 0.3) is 11.0 Å². The average molecular weight is 351 g/mol. The molecule has 0 atom stereocenters. The molecule has 10 heteroatoms. The first-order chi connectivity index (χ1) is 11.9.